The topological polar surface area (TPSA) is 68.2 Å². The number of methoxy groups -OCH3 is 1. The van der Waals surface area contributed by atoms with Crippen LogP contribution in [0.5, 0.6) is 0 Å². The zero-order chi connectivity index (χ0) is 15.5. The van der Waals surface area contributed by atoms with Gasteiger partial charge in [-0.3, -0.25) is 9.48 Å². The van der Waals surface area contributed by atoms with Gasteiger partial charge in [-0.2, -0.15) is 5.10 Å². The highest BCUT2D eigenvalue weighted by Gasteiger charge is 2.07. The van der Waals surface area contributed by atoms with E-state index >= 15 is 0 Å². The molecule has 1 heterocycles. The molecule has 1 rings (SSSR count). The fourth-order valence-corrected chi connectivity index (χ4v) is 2.14. The van der Waals surface area contributed by atoms with Gasteiger partial charge in [0, 0.05) is 39.4 Å². The minimum Gasteiger partial charge on any atom is -0.383 e. The molecule has 120 valence electrons. The summed E-state index contributed by atoms with van der Waals surface area (Å²) in [6.45, 7) is 6.81. The molecule has 2 N–H and O–H groups in total. The van der Waals surface area contributed by atoms with Gasteiger partial charge >= 0.3 is 0 Å². The van der Waals surface area contributed by atoms with E-state index in [2.05, 4.69) is 29.6 Å². The standard InChI is InChI=1S/C15H28N4O2/c1-4-14(5-2)19-10-7-13(18-19)12-16-8-6-15(20)17-9-11-21-3/h7,10,14,16H,4-6,8-9,11-12H2,1-3H3,(H,17,20). The summed E-state index contributed by atoms with van der Waals surface area (Å²) in [6.07, 6.45) is 4.68. The van der Waals surface area contributed by atoms with Crippen LogP contribution in [0.25, 0.3) is 0 Å². The number of carbonyl (C=O) groups is 1. The number of hydrogen-bond acceptors (Lipinski definition) is 4. The molecule has 0 aliphatic rings. The van der Waals surface area contributed by atoms with Gasteiger partial charge in [-0.1, -0.05) is 13.8 Å². The third-order valence-electron chi connectivity index (χ3n) is 3.44. The van der Waals surface area contributed by atoms with Gasteiger partial charge in [0.15, 0.2) is 0 Å². The Labute approximate surface area is 127 Å². The third kappa shape index (κ3) is 6.73. The quantitative estimate of drug-likeness (QED) is 0.607. The second-order valence-corrected chi connectivity index (χ2v) is 5.03. The maximum Gasteiger partial charge on any atom is 0.221 e. The normalized spacial score (nSPS) is 11.0. The summed E-state index contributed by atoms with van der Waals surface area (Å²) >= 11 is 0. The number of aromatic nitrogens is 2. The Morgan fingerprint density at radius 1 is 1.38 bits per heavy atom. The van der Waals surface area contributed by atoms with Crippen molar-refractivity contribution in [2.75, 3.05) is 26.8 Å². The molecule has 21 heavy (non-hydrogen) atoms. The molecule has 1 amide bonds. The van der Waals surface area contributed by atoms with Crippen LogP contribution in [-0.2, 0) is 16.1 Å². The Balaban J connectivity index is 2.19. The van der Waals surface area contributed by atoms with Crippen molar-refractivity contribution in [3.05, 3.63) is 18.0 Å². The van der Waals surface area contributed by atoms with Crippen LogP contribution < -0.4 is 10.6 Å². The minimum atomic E-state index is 0.0436. The number of nitrogens with one attached hydrogen (secondary N) is 2. The van der Waals surface area contributed by atoms with Gasteiger partial charge in [0.1, 0.15) is 0 Å². The maximum absolute atomic E-state index is 11.5. The van der Waals surface area contributed by atoms with Crippen molar-refractivity contribution in [2.45, 2.75) is 45.7 Å². The van der Waals surface area contributed by atoms with Gasteiger partial charge in [0.25, 0.3) is 0 Å². The second kappa shape index (κ2) is 10.3. The first-order valence-electron chi connectivity index (χ1n) is 7.71. The van der Waals surface area contributed by atoms with E-state index in [1.807, 2.05) is 16.9 Å². The van der Waals surface area contributed by atoms with Gasteiger partial charge in [-0.25, -0.2) is 0 Å². The van der Waals surface area contributed by atoms with E-state index in [0.29, 0.717) is 38.7 Å². The summed E-state index contributed by atoms with van der Waals surface area (Å²) in [5.41, 5.74) is 1.02. The fraction of sp³-hybridized carbons (Fsp3) is 0.733. The lowest BCUT2D eigenvalue weighted by Crippen LogP contribution is -2.30. The molecule has 6 nitrogen and oxygen atoms in total. The Kier molecular flexibility index (Phi) is 8.69. The van der Waals surface area contributed by atoms with Gasteiger partial charge in [0.05, 0.1) is 18.3 Å². The lowest BCUT2D eigenvalue weighted by molar-refractivity contribution is -0.121. The molecule has 0 saturated heterocycles. The zero-order valence-corrected chi connectivity index (χ0v) is 13.4. The van der Waals surface area contributed by atoms with Crippen molar-refractivity contribution >= 4 is 5.91 Å². The lowest BCUT2D eigenvalue weighted by Gasteiger charge is -2.12. The smallest absolute Gasteiger partial charge is 0.221 e. The molecule has 0 radical (unpaired) electrons. The number of ether oxygens (including phenoxy) is 1. The molecule has 0 unspecified atom stereocenters. The summed E-state index contributed by atoms with van der Waals surface area (Å²) < 4.78 is 6.91. The molecule has 0 atom stereocenters. The summed E-state index contributed by atoms with van der Waals surface area (Å²) in [7, 11) is 1.62. The Hall–Kier alpha value is -1.40. The average Bonchev–Trinajstić information content (AvgIpc) is 2.94. The van der Waals surface area contributed by atoms with Crippen LogP contribution in [0, 0.1) is 0 Å². The predicted octanol–water partition coefficient (Wildman–Crippen LogP) is 1.49. The van der Waals surface area contributed by atoms with Crippen molar-refractivity contribution < 1.29 is 9.53 Å². The second-order valence-electron chi connectivity index (χ2n) is 5.03. The van der Waals surface area contributed by atoms with E-state index in [1.54, 1.807) is 7.11 Å². The number of nitrogens with zero attached hydrogens (tertiary/aromatic N) is 2. The van der Waals surface area contributed by atoms with Crippen molar-refractivity contribution in [3.8, 4) is 0 Å². The molecule has 0 bridgehead atoms. The van der Waals surface area contributed by atoms with Gasteiger partial charge < -0.3 is 15.4 Å². The fourth-order valence-electron chi connectivity index (χ4n) is 2.14. The molecule has 0 saturated carbocycles. The van der Waals surface area contributed by atoms with Crippen LogP contribution in [0.15, 0.2) is 12.3 Å². The number of rotatable bonds is 11. The van der Waals surface area contributed by atoms with Crippen molar-refractivity contribution in [2.24, 2.45) is 0 Å². The Bertz CT molecular complexity index is 402. The first kappa shape index (κ1) is 17.7. The van der Waals surface area contributed by atoms with E-state index in [0.717, 1.165) is 18.5 Å². The molecule has 1 aromatic rings. The lowest BCUT2D eigenvalue weighted by atomic mass is 10.2. The maximum atomic E-state index is 11.5. The van der Waals surface area contributed by atoms with Crippen LogP contribution in [-0.4, -0.2) is 42.5 Å². The highest BCUT2D eigenvalue weighted by Crippen LogP contribution is 2.14. The van der Waals surface area contributed by atoms with E-state index in [4.69, 9.17) is 4.74 Å². The first-order valence-corrected chi connectivity index (χ1v) is 7.71. The van der Waals surface area contributed by atoms with Gasteiger partial charge in [-0.15, -0.1) is 0 Å². The molecule has 1 aromatic heterocycles. The Morgan fingerprint density at radius 3 is 2.81 bits per heavy atom. The molecule has 0 aliphatic carbocycles. The first-order chi connectivity index (χ1) is 10.2. The van der Waals surface area contributed by atoms with Crippen LogP contribution >= 0.6 is 0 Å². The molecule has 0 spiro atoms. The molecule has 0 aromatic carbocycles. The molecule has 6 heteroatoms. The average molecular weight is 296 g/mol. The van der Waals surface area contributed by atoms with Crippen LogP contribution in [0.4, 0.5) is 0 Å². The van der Waals surface area contributed by atoms with Gasteiger partial charge in [-0.05, 0) is 18.9 Å². The van der Waals surface area contributed by atoms with Crippen LogP contribution in [0.2, 0.25) is 0 Å². The monoisotopic (exact) mass is 296 g/mol. The summed E-state index contributed by atoms with van der Waals surface area (Å²) in [6, 6.07) is 2.51. The highest BCUT2D eigenvalue weighted by atomic mass is 16.5. The van der Waals surface area contributed by atoms with Crippen LogP contribution in [0.3, 0.4) is 0 Å². The predicted molar refractivity (Wildman–Crippen MR) is 83.1 cm³/mol. The van der Waals surface area contributed by atoms with Crippen molar-refractivity contribution in [3.63, 3.8) is 0 Å². The molecule has 0 aliphatic heterocycles. The zero-order valence-electron chi connectivity index (χ0n) is 13.4. The molecular formula is C15H28N4O2. The minimum absolute atomic E-state index is 0.0436. The number of amides is 1. The Morgan fingerprint density at radius 2 is 2.14 bits per heavy atom. The SMILES string of the molecule is CCC(CC)n1ccc(CNCCC(=O)NCCOC)n1. The van der Waals surface area contributed by atoms with E-state index in [-0.39, 0.29) is 5.91 Å². The highest BCUT2D eigenvalue weighted by molar-refractivity contribution is 5.75. The molecular weight excluding hydrogens is 268 g/mol. The molecule has 0 fully saturated rings. The summed E-state index contributed by atoms with van der Waals surface area (Å²) in [5.74, 6) is 0.0436. The van der Waals surface area contributed by atoms with Crippen molar-refractivity contribution in [1.82, 2.24) is 20.4 Å². The third-order valence-corrected chi connectivity index (χ3v) is 3.44. The van der Waals surface area contributed by atoms with E-state index < -0.39 is 0 Å². The largest absolute Gasteiger partial charge is 0.383 e. The summed E-state index contributed by atoms with van der Waals surface area (Å²) in [4.78, 5) is 11.5. The van der Waals surface area contributed by atoms with E-state index in [9.17, 15) is 4.79 Å². The van der Waals surface area contributed by atoms with Gasteiger partial charge in [0.2, 0.25) is 5.91 Å². The van der Waals surface area contributed by atoms with Crippen LogP contribution in [0.1, 0.15) is 44.8 Å². The summed E-state index contributed by atoms with van der Waals surface area (Å²) in [5, 5.41) is 10.6. The van der Waals surface area contributed by atoms with E-state index in [1.165, 1.54) is 0 Å². The number of hydrogen-bond donors (Lipinski definition) is 2. The van der Waals surface area contributed by atoms with Crippen molar-refractivity contribution in [1.29, 1.82) is 0 Å². The number of carbonyl (C=O) groups excluding carboxylic acids is 1.